The molecule has 0 aliphatic heterocycles. The topological polar surface area (TPSA) is 46.1 Å². The van der Waals surface area contributed by atoms with Crippen molar-refractivity contribution in [2.45, 2.75) is 6.04 Å². The highest BCUT2D eigenvalue weighted by Gasteiger charge is 2.12. The van der Waals surface area contributed by atoms with Gasteiger partial charge in [0.2, 0.25) is 0 Å². The molecule has 94 valence electrons. The van der Waals surface area contributed by atoms with Gasteiger partial charge in [-0.25, -0.2) is 0 Å². The largest absolute Gasteiger partial charge is 0.497 e. The van der Waals surface area contributed by atoms with Gasteiger partial charge in [0.15, 0.2) is 0 Å². The van der Waals surface area contributed by atoms with E-state index in [0.29, 0.717) is 0 Å². The Labute approximate surface area is 107 Å². The molecule has 0 heterocycles. The number of ether oxygens (including phenoxy) is 2. The molecule has 0 unspecified atom stereocenters. The lowest BCUT2D eigenvalue weighted by Gasteiger charge is -2.10. The van der Waals surface area contributed by atoms with Gasteiger partial charge in [-0.2, -0.15) is 0 Å². The minimum Gasteiger partial charge on any atom is -0.497 e. The molecule has 0 aliphatic rings. The fourth-order valence-corrected chi connectivity index (χ4v) is 1.86. The second-order valence-electron chi connectivity index (χ2n) is 4.10. The minimum atomic E-state index is 0.113. The van der Waals surface area contributed by atoms with E-state index >= 15 is 0 Å². The molecule has 3 nitrogen and oxygen atoms in total. The highest BCUT2D eigenvalue weighted by Crippen LogP contribution is 2.22. The smallest absolute Gasteiger partial charge is 0.136 e. The molecule has 0 aliphatic carbocycles. The van der Waals surface area contributed by atoms with Gasteiger partial charge in [0, 0.05) is 11.1 Å². The number of rotatable bonds is 4. The third-order valence-corrected chi connectivity index (χ3v) is 3.04. The monoisotopic (exact) mass is 244 g/mol. The molecule has 0 atom stereocenters. The molecule has 0 aromatic heterocycles. The normalized spacial score (nSPS) is 10.4. The maximum atomic E-state index is 5.15. The Balaban J connectivity index is 2.20. The quantitative estimate of drug-likeness (QED) is 0.894. The molecular weight excluding hydrogens is 226 g/mol. The van der Waals surface area contributed by atoms with Crippen LogP contribution in [0.5, 0.6) is 11.5 Å². The first-order valence-corrected chi connectivity index (χ1v) is 5.85. The van der Waals surface area contributed by atoms with Crippen LogP contribution in [-0.4, -0.2) is 14.2 Å². The maximum absolute atomic E-state index is 5.15. The van der Waals surface area contributed by atoms with E-state index in [1.165, 1.54) is 11.1 Å². The molecule has 2 aromatic rings. The van der Waals surface area contributed by atoms with E-state index in [-0.39, 0.29) is 6.04 Å². The first-order chi connectivity index (χ1) is 8.74. The summed E-state index contributed by atoms with van der Waals surface area (Å²) in [6, 6.07) is 16.1. The second kappa shape index (κ2) is 5.56. The molecule has 0 saturated heterocycles. The van der Waals surface area contributed by atoms with Crippen LogP contribution in [0.1, 0.15) is 17.2 Å². The van der Waals surface area contributed by atoms with Gasteiger partial charge in [-0.15, -0.1) is 0 Å². The fraction of sp³-hybridized carbons (Fsp3) is 0.200. The first-order valence-electron chi connectivity index (χ1n) is 5.85. The third kappa shape index (κ3) is 2.63. The fourth-order valence-electron chi connectivity index (χ4n) is 1.86. The summed E-state index contributed by atoms with van der Waals surface area (Å²) in [6.45, 7) is 0. The first kappa shape index (κ1) is 12.5. The zero-order valence-electron chi connectivity index (χ0n) is 10.7. The van der Waals surface area contributed by atoms with E-state index in [4.69, 9.17) is 9.47 Å². The van der Waals surface area contributed by atoms with E-state index in [1.54, 1.807) is 14.2 Å². The molecule has 2 rings (SSSR count). The van der Waals surface area contributed by atoms with Gasteiger partial charge in [0.1, 0.15) is 17.5 Å². The van der Waals surface area contributed by atoms with Gasteiger partial charge < -0.3 is 15.2 Å². The summed E-state index contributed by atoms with van der Waals surface area (Å²) in [5.74, 6) is 1.72. The van der Waals surface area contributed by atoms with Gasteiger partial charge >= 0.3 is 0 Å². The van der Waals surface area contributed by atoms with Crippen molar-refractivity contribution in [3.63, 3.8) is 0 Å². The maximum Gasteiger partial charge on any atom is 0.136 e. The van der Waals surface area contributed by atoms with Gasteiger partial charge in [0.25, 0.3) is 0 Å². The average molecular weight is 244 g/mol. The lowest BCUT2D eigenvalue weighted by Crippen LogP contribution is -2.53. The van der Waals surface area contributed by atoms with E-state index in [0.717, 1.165) is 11.5 Å². The van der Waals surface area contributed by atoms with E-state index in [2.05, 4.69) is 5.73 Å². The van der Waals surface area contributed by atoms with Crippen LogP contribution in [0.4, 0.5) is 0 Å². The van der Waals surface area contributed by atoms with Crippen LogP contribution in [0.2, 0.25) is 0 Å². The van der Waals surface area contributed by atoms with Crippen LogP contribution in [0.25, 0.3) is 0 Å². The highest BCUT2D eigenvalue weighted by atomic mass is 16.5. The van der Waals surface area contributed by atoms with E-state index in [9.17, 15) is 0 Å². The number of quaternary nitrogens is 1. The van der Waals surface area contributed by atoms with Gasteiger partial charge in [-0.05, 0) is 48.5 Å². The summed E-state index contributed by atoms with van der Waals surface area (Å²) in [6.07, 6.45) is 0. The Morgan fingerprint density at radius 1 is 0.722 bits per heavy atom. The van der Waals surface area contributed by atoms with Crippen molar-refractivity contribution in [2.75, 3.05) is 14.2 Å². The molecule has 0 spiro atoms. The van der Waals surface area contributed by atoms with Crippen LogP contribution in [-0.2, 0) is 0 Å². The molecule has 0 fully saturated rings. The summed E-state index contributed by atoms with van der Waals surface area (Å²) in [7, 11) is 3.33. The lowest BCUT2D eigenvalue weighted by molar-refractivity contribution is -0.411. The highest BCUT2D eigenvalue weighted by molar-refractivity contribution is 5.36. The number of benzene rings is 2. The van der Waals surface area contributed by atoms with Crippen molar-refractivity contribution < 1.29 is 15.2 Å². The second-order valence-corrected chi connectivity index (χ2v) is 4.10. The molecule has 0 amide bonds. The van der Waals surface area contributed by atoms with Crippen LogP contribution in [0.3, 0.4) is 0 Å². The third-order valence-electron chi connectivity index (χ3n) is 3.04. The van der Waals surface area contributed by atoms with Crippen molar-refractivity contribution in [2.24, 2.45) is 0 Å². The summed E-state index contributed by atoms with van der Waals surface area (Å²) in [4.78, 5) is 0. The van der Waals surface area contributed by atoms with E-state index in [1.807, 2.05) is 48.5 Å². The SMILES string of the molecule is COc1ccc(C([NH3+])c2ccc(OC)cc2)cc1. The Hall–Kier alpha value is -2.00. The zero-order chi connectivity index (χ0) is 13.0. The van der Waals surface area contributed by atoms with Gasteiger partial charge in [-0.1, -0.05) is 0 Å². The molecule has 3 N–H and O–H groups in total. The van der Waals surface area contributed by atoms with Gasteiger partial charge in [0.05, 0.1) is 14.2 Å². The standard InChI is InChI=1S/C15H17NO2/c1-17-13-7-3-11(4-8-13)15(16)12-5-9-14(18-2)10-6-12/h3-10,15H,16H2,1-2H3/p+1. The van der Waals surface area contributed by atoms with Crippen molar-refractivity contribution in [1.82, 2.24) is 0 Å². The molecule has 0 bridgehead atoms. The predicted molar refractivity (Wildman–Crippen MR) is 70.7 cm³/mol. The van der Waals surface area contributed by atoms with E-state index < -0.39 is 0 Å². The van der Waals surface area contributed by atoms with Crippen molar-refractivity contribution in [3.8, 4) is 11.5 Å². The summed E-state index contributed by atoms with van der Waals surface area (Å²) < 4.78 is 10.3. The van der Waals surface area contributed by atoms with Crippen LogP contribution in [0.15, 0.2) is 48.5 Å². The average Bonchev–Trinajstić information content (AvgIpc) is 2.47. The van der Waals surface area contributed by atoms with Crippen LogP contribution >= 0.6 is 0 Å². The molecule has 0 radical (unpaired) electrons. The Kier molecular flexibility index (Phi) is 3.85. The Bertz CT molecular complexity index is 443. The molecular formula is C15H18NO2+. The van der Waals surface area contributed by atoms with Gasteiger partial charge in [-0.3, -0.25) is 0 Å². The molecule has 2 aromatic carbocycles. The zero-order valence-corrected chi connectivity index (χ0v) is 10.7. The number of methoxy groups -OCH3 is 2. The van der Waals surface area contributed by atoms with Crippen molar-refractivity contribution >= 4 is 0 Å². The van der Waals surface area contributed by atoms with Crippen LogP contribution < -0.4 is 15.2 Å². The number of hydrogen-bond acceptors (Lipinski definition) is 2. The molecule has 18 heavy (non-hydrogen) atoms. The minimum absolute atomic E-state index is 0.113. The molecule has 0 saturated carbocycles. The summed E-state index contributed by atoms with van der Waals surface area (Å²) in [5, 5.41) is 0. The van der Waals surface area contributed by atoms with Crippen molar-refractivity contribution in [3.05, 3.63) is 59.7 Å². The summed E-state index contributed by atoms with van der Waals surface area (Å²) in [5.41, 5.74) is 6.54. The lowest BCUT2D eigenvalue weighted by atomic mass is 9.99. The molecule has 3 heteroatoms. The van der Waals surface area contributed by atoms with Crippen LogP contribution in [0, 0.1) is 0 Å². The van der Waals surface area contributed by atoms with Crippen molar-refractivity contribution in [1.29, 1.82) is 0 Å². The summed E-state index contributed by atoms with van der Waals surface area (Å²) >= 11 is 0. The number of hydrogen-bond donors (Lipinski definition) is 1. The predicted octanol–water partition coefficient (Wildman–Crippen LogP) is 2.04. The Morgan fingerprint density at radius 3 is 1.33 bits per heavy atom. The Morgan fingerprint density at radius 2 is 1.06 bits per heavy atom.